The Labute approximate surface area is 177 Å². The second kappa shape index (κ2) is 12.4. The van der Waals surface area contributed by atoms with Crippen LogP contribution in [0.5, 0.6) is 0 Å². The average molecular weight is 481 g/mol. The molecule has 7 heteroatoms. The molecule has 0 aliphatic carbocycles. The molecule has 2 aliphatic rings. The maximum absolute atomic E-state index is 5.50. The van der Waals surface area contributed by atoms with Crippen molar-refractivity contribution in [3.8, 4) is 0 Å². The summed E-state index contributed by atoms with van der Waals surface area (Å²) in [5.74, 6) is 1.71. The number of likely N-dealkylation sites (tertiary alicyclic amines) is 1. The van der Waals surface area contributed by atoms with Gasteiger partial charge < -0.3 is 25.6 Å². The minimum atomic E-state index is 0. The Morgan fingerprint density at radius 1 is 1.19 bits per heavy atom. The van der Waals surface area contributed by atoms with E-state index in [4.69, 9.17) is 9.73 Å². The van der Waals surface area contributed by atoms with Gasteiger partial charge in [-0.2, -0.15) is 0 Å². The first-order valence-corrected chi connectivity index (χ1v) is 10.1. The largest absolute Gasteiger partial charge is 0.381 e. The fourth-order valence-corrected chi connectivity index (χ4v) is 3.46. The molecule has 2 saturated heterocycles. The van der Waals surface area contributed by atoms with Gasteiger partial charge in [0.05, 0.1) is 13.2 Å². The maximum atomic E-state index is 5.50. The van der Waals surface area contributed by atoms with Crippen LogP contribution in [-0.2, 0) is 4.74 Å². The zero-order chi connectivity index (χ0) is 18.1. The van der Waals surface area contributed by atoms with E-state index in [1.165, 1.54) is 38.9 Å². The first-order valence-electron chi connectivity index (χ1n) is 10.1. The zero-order valence-electron chi connectivity index (χ0n) is 17.1. The lowest BCUT2D eigenvalue weighted by molar-refractivity contribution is 0.150. The third-order valence-electron chi connectivity index (χ3n) is 4.85. The molecule has 2 aliphatic heterocycles. The summed E-state index contributed by atoms with van der Waals surface area (Å²) in [5.41, 5.74) is 0.151. The van der Waals surface area contributed by atoms with Crippen molar-refractivity contribution >= 4 is 29.9 Å². The van der Waals surface area contributed by atoms with Crippen LogP contribution in [0.15, 0.2) is 4.99 Å². The monoisotopic (exact) mass is 481 g/mol. The molecule has 26 heavy (non-hydrogen) atoms. The van der Waals surface area contributed by atoms with Crippen LogP contribution in [0, 0.1) is 5.92 Å². The fraction of sp³-hybridized carbons (Fsp3) is 0.947. The van der Waals surface area contributed by atoms with Crippen LogP contribution in [-0.4, -0.2) is 74.9 Å². The normalized spacial score (nSPS) is 22.9. The van der Waals surface area contributed by atoms with Gasteiger partial charge >= 0.3 is 0 Å². The van der Waals surface area contributed by atoms with E-state index in [1.54, 1.807) is 0 Å². The van der Waals surface area contributed by atoms with E-state index < -0.39 is 0 Å². The van der Waals surface area contributed by atoms with E-state index in [9.17, 15) is 0 Å². The van der Waals surface area contributed by atoms with Gasteiger partial charge in [-0.3, -0.25) is 4.99 Å². The summed E-state index contributed by atoms with van der Waals surface area (Å²) >= 11 is 0. The summed E-state index contributed by atoms with van der Waals surface area (Å²) in [6.45, 7) is 16.8. The van der Waals surface area contributed by atoms with E-state index in [-0.39, 0.29) is 29.5 Å². The topological polar surface area (TPSA) is 60.9 Å². The summed E-state index contributed by atoms with van der Waals surface area (Å²) in [6, 6.07) is 0.532. The Balaban J connectivity index is 0.00000338. The number of hydrogen-bond acceptors (Lipinski definition) is 4. The van der Waals surface area contributed by atoms with Gasteiger partial charge in [0, 0.05) is 50.9 Å². The molecule has 0 aromatic heterocycles. The molecular formula is C19H40IN5O. The third kappa shape index (κ3) is 9.71. The van der Waals surface area contributed by atoms with Crippen LogP contribution in [0.1, 0.15) is 47.0 Å². The van der Waals surface area contributed by atoms with E-state index in [0.717, 1.165) is 44.7 Å². The van der Waals surface area contributed by atoms with Crippen LogP contribution in [0.3, 0.4) is 0 Å². The number of rotatable bonds is 7. The van der Waals surface area contributed by atoms with Crippen molar-refractivity contribution in [3.63, 3.8) is 0 Å². The highest BCUT2D eigenvalue weighted by Crippen LogP contribution is 2.17. The number of guanidine groups is 1. The number of hydrogen-bond donors (Lipinski definition) is 3. The molecule has 0 bridgehead atoms. The maximum Gasteiger partial charge on any atom is 0.191 e. The smallest absolute Gasteiger partial charge is 0.191 e. The summed E-state index contributed by atoms with van der Waals surface area (Å²) < 4.78 is 5.50. The summed E-state index contributed by atoms with van der Waals surface area (Å²) in [4.78, 5) is 7.32. The molecule has 1 unspecified atom stereocenters. The van der Waals surface area contributed by atoms with Crippen LogP contribution >= 0.6 is 24.0 Å². The minimum Gasteiger partial charge on any atom is -0.381 e. The lowest BCUT2D eigenvalue weighted by Gasteiger charge is -2.34. The molecule has 3 N–H and O–H groups in total. The fourth-order valence-electron chi connectivity index (χ4n) is 3.46. The average Bonchev–Trinajstić information content (AvgIpc) is 3.05. The summed E-state index contributed by atoms with van der Waals surface area (Å²) in [6.07, 6.45) is 3.62. The van der Waals surface area contributed by atoms with Crippen LogP contribution in [0.4, 0.5) is 0 Å². The molecule has 1 atom stereocenters. The van der Waals surface area contributed by atoms with Crippen LogP contribution in [0.2, 0.25) is 0 Å². The Bertz CT molecular complexity index is 399. The van der Waals surface area contributed by atoms with Crippen molar-refractivity contribution in [1.82, 2.24) is 20.9 Å². The first kappa shape index (κ1) is 23.9. The lowest BCUT2D eigenvalue weighted by atomic mass is 10.0. The predicted molar refractivity (Wildman–Crippen MR) is 121 cm³/mol. The standard InChI is InChI=1S/C19H39N5O.HI/c1-5-20-18(21-9-10-22-19(2,3)4)23-17-6-11-24(12-7-17)14-16-8-13-25-15-16;/h16-17,22H,5-15H2,1-4H3,(H2,20,21,23);1H. The molecule has 0 radical (unpaired) electrons. The van der Waals surface area contributed by atoms with Gasteiger partial charge in [0.15, 0.2) is 5.96 Å². The highest BCUT2D eigenvalue weighted by atomic mass is 127. The Hall–Kier alpha value is -0.120. The van der Waals surface area contributed by atoms with E-state index in [2.05, 4.69) is 48.5 Å². The van der Waals surface area contributed by atoms with E-state index >= 15 is 0 Å². The first-order chi connectivity index (χ1) is 12.0. The third-order valence-corrected chi connectivity index (χ3v) is 4.85. The number of halogens is 1. The predicted octanol–water partition coefficient (Wildman–Crippen LogP) is 2.05. The van der Waals surface area contributed by atoms with Crippen molar-refractivity contribution in [3.05, 3.63) is 0 Å². The van der Waals surface area contributed by atoms with Crippen molar-refractivity contribution < 1.29 is 4.74 Å². The highest BCUT2D eigenvalue weighted by molar-refractivity contribution is 14.0. The molecule has 0 amide bonds. The van der Waals surface area contributed by atoms with Crippen molar-refractivity contribution in [1.29, 1.82) is 0 Å². The molecule has 0 aromatic rings. The highest BCUT2D eigenvalue weighted by Gasteiger charge is 2.24. The van der Waals surface area contributed by atoms with Gasteiger partial charge in [-0.1, -0.05) is 0 Å². The molecule has 2 heterocycles. The molecule has 2 rings (SSSR count). The number of nitrogens with one attached hydrogen (secondary N) is 3. The van der Waals surface area contributed by atoms with Crippen molar-refractivity contribution in [2.45, 2.75) is 58.5 Å². The molecule has 154 valence electrons. The lowest BCUT2D eigenvalue weighted by Crippen LogP contribution is -2.49. The van der Waals surface area contributed by atoms with Gasteiger partial charge in [-0.15, -0.1) is 24.0 Å². The minimum absolute atomic E-state index is 0. The van der Waals surface area contributed by atoms with Crippen LogP contribution < -0.4 is 16.0 Å². The van der Waals surface area contributed by atoms with Crippen LogP contribution in [0.25, 0.3) is 0 Å². The second-order valence-corrected chi connectivity index (χ2v) is 8.39. The summed E-state index contributed by atoms with van der Waals surface area (Å²) in [7, 11) is 0. The van der Waals surface area contributed by atoms with E-state index in [1.807, 2.05) is 0 Å². The molecule has 0 saturated carbocycles. The number of aliphatic imine (C=N–C) groups is 1. The molecule has 0 aromatic carbocycles. The molecular weight excluding hydrogens is 441 g/mol. The Morgan fingerprint density at radius 2 is 1.92 bits per heavy atom. The molecule has 6 nitrogen and oxygen atoms in total. The Morgan fingerprint density at radius 3 is 2.50 bits per heavy atom. The van der Waals surface area contributed by atoms with Gasteiger partial charge in [0.25, 0.3) is 0 Å². The van der Waals surface area contributed by atoms with Gasteiger partial charge in [0.2, 0.25) is 0 Å². The van der Waals surface area contributed by atoms with Gasteiger partial charge in [-0.25, -0.2) is 0 Å². The van der Waals surface area contributed by atoms with Gasteiger partial charge in [-0.05, 0) is 52.9 Å². The van der Waals surface area contributed by atoms with Gasteiger partial charge in [0.1, 0.15) is 0 Å². The van der Waals surface area contributed by atoms with Crippen molar-refractivity contribution in [2.24, 2.45) is 10.9 Å². The number of nitrogens with zero attached hydrogens (tertiary/aromatic N) is 2. The number of ether oxygens (including phenoxy) is 1. The molecule has 0 spiro atoms. The summed E-state index contributed by atoms with van der Waals surface area (Å²) in [5, 5.41) is 10.5. The SMILES string of the molecule is CCNC(=NCCNC(C)(C)C)NC1CCN(CC2CCOC2)CC1.I. The van der Waals surface area contributed by atoms with Crippen molar-refractivity contribution in [2.75, 3.05) is 52.5 Å². The molecule has 2 fully saturated rings. The number of piperidine rings is 1. The second-order valence-electron chi connectivity index (χ2n) is 8.39. The van der Waals surface area contributed by atoms with E-state index in [0.29, 0.717) is 6.04 Å². The zero-order valence-corrected chi connectivity index (χ0v) is 19.5. The quantitative estimate of drug-likeness (QED) is 0.225. The Kier molecular flexibility index (Phi) is 11.4.